The Labute approximate surface area is 144 Å². The number of para-hydroxylation sites is 1. The van der Waals surface area contributed by atoms with E-state index in [1.165, 1.54) is 44.5 Å². The highest BCUT2D eigenvalue weighted by Gasteiger charge is 2.39. The molecule has 1 aliphatic carbocycles. The summed E-state index contributed by atoms with van der Waals surface area (Å²) in [6.07, 6.45) is 0. The van der Waals surface area contributed by atoms with Gasteiger partial charge in [-0.3, -0.25) is 0 Å². The van der Waals surface area contributed by atoms with Gasteiger partial charge in [0.2, 0.25) is 0 Å². The summed E-state index contributed by atoms with van der Waals surface area (Å²) in [6, 6.07) is 13.4. The SMILES string of the molecule is CCN(CC)c1cc(C)c2c(c1)C(C)(C)c1c-2[nH]c2ccccc12. The molecule has 24 heavy (non-hydrogen) atoms. The molecule has 0 bridgehead atoms. The molecule has 0 fully saturated rings. The summed E-state index contributed by atoms with van der Waals surface area (Å²) >= 11 is 0. The van der Waals surface area contributed by atoms with Crippen LogP contribution in [0.4, 0.5) is 5.69 Å². The van der Waals surface area contributed by atoms with Gasteiger partial charge in [-0.1, -0.05) is 32.0 Å². The lowest BCUT2D eigenvalue weighted by molar-refractivity contribution is 0.665. The molecule has 0 amide bonds. The van der Waals surface area contributed by atoms with E-state index in [1.54, 1.807) is 0 Å². The van der Waals surface area contributed by atoms with Crippen LogP contribution in [-0.4, -0.2) is 18.1 Å². The van der Waals surface area contributed by atoms with Crippen molar-refractivity contribution in [2.24, 2.45) is 0 Å². The van der Waals surface area contributed by atoms with E-state index in [2.05, 4.69) is 80.9 Å². The lowest BCUT2D eigenvalue weighted by Gasteiger charge is -2.26. The van der Waals surface area contributed by atoms with Gasteiger partial charge < -0.3 is 9.88 Å². The Morgan fingerprint density at radius 2 is 1.75 bits per heavy atom. The van der Waals surface area contributed by atoms with Gasteiger partial charge in [0.05, 0.1) is 5.69 Å². The van der Waals surface area contributed by atoms with Gasteiger partial charge in [0, 0.05) is 40.7 Å². The quantitative estimate of drug-likeness (QED) is 0.663. The summed E-state index contributed by atoms with van der Waals surface area (Å²) in [7, 11) is 0. The minimum absolute atomic E-state index is 0.0260. The first-order chi connectivity index (χ1) is 11.5. The van der Waals surface area contributed by atoms with Crippen molar-refractivity contribution in [2.75, 3.05) is 18.0 Å². The summed E-state index contributed by atoms with van der Waals surface area (Å²) in [5.74, 6) is 0. The van der Waals surface area contributed by atoms with Gasteiger partial charge in [-0.2, -0.15) is 0 Å². The average molecular weight is 318 g/mol. The molecule has 0 unspecified atom stereocenters. The van der Waals surface area contributed by atoms with Crippen molar-refractivity contribution in [3.8, 4) is 11.3 Å². The molecule has 1 N–H and O–H groups in total. The van der Waals surface area contributed by atoms with Crippen molar-refractivity contribution in [1.82, 2.24) is 4.98 Å². The Morgan fingerprint density at radius 1 is 1.04 bits per heavy atom. The summed E-state index contributed by atoms with van der Waals surface area (Å²) in [4.78, 5) is 6.13. The number of rotatable bonds is 3. The predicted molar refractivity (Wildman–Crippen MR) is 104 cm³/mol. The maximum absolute atomic E-state index is 3.69. The average Bonchev–Trinajstić information content (AvgIpc) is 3.04. The monoisotopic (exact) mass is 318 g/mol. The third-order valence-electron chi connectivity index (χ3n) is 5.70. The molecule has 0 saturated heterocycles. The number of fused-ring (bicyclic) bond motifs is 5. The molecule has 2 nitrogen and oxygen atoms in total. The van der Waals surface area contributed by atoms with Crippen LogP contribution >= 0.6 is 0 Å². The van der Waals surface area contributed by atoms with Crippen LogP contribution in [0.15, 0.2) is 36.4 Å². The lowest BCUT2D eigenvalue weighted by atomic mass is 9.81. The minimum Gasteiger partial charge on any atom is -0.372 e. The first kappa shape index (κ1) is 15.3. The number of nitrogens with one attached hydrogen (secondary N) is 1. The van der Waals surface area contributed by atoms with Gasteiger partial charge in [-0.25, -0.2) is 0 Å². The zero-order valence-electron chi connectivity index (χ0n) is 15.3. The largest absolute Gasteiger partial charge is 0.372 e. The molecule has 3 aromatic rings. The number of nitrogens with zero attached hydrogens (tertiary/aromatic N) is 1. The fourth-order valence-corrected chi connectivity index (χ4v) is 4.48. The molecule has 124 valence electrons. The third kappa shape index (κ3) is 1.89. The van der Waals surface area contributed by atoms with Gasteiger partial charge in [-0.05, 0) is 55.7 Å². The van der Waals surface area contributed by atoms with Crippen LogP contribution in [0.25, 0.3) is 22.2 Å². The zero-order valence-corrected chi connectivity index (χ0v) is 15.3. The van der Waals surface area contributed by atoms with E-state index in [1.807, 2.05) is 0 Å². The normalized spacial score (nSPS) is 14.7. The molecule has 2 heteroatoms. The van der Waals surface area contributed by atoms with Crippen LogP contribution in [0, 0.1) is 6.92 Å². The maximum Gasteiger partial charge on any atom is 0.0512 e. The second kappa shape index (κ2) is 5.14. The highest BCUT2D eigenvalue weighted by Crippen LogP contribution is 2.53. The molecule has 0 atom stereocenters. The van der Waals surface area contributed by atoms with Crippen molar-refractivity contribution < 1.29 is 0 Å². The molecule has 0 spiro atoms. The molecule has 1 aromatic heterocycles. The minimum atomic E-state index is 0.0260. The molecule has 2 aromatic carbocycles. The highest BCUT2D eigenvalue weighted by molar-refractivity contribution is 5.98. The van der Waals surface area contributed by atoms with Crippen molar-refractivity contribution in [1.29, 1.82) is 0 Å². The van der Waals surface area contributed by atoms with Crippen molar-refractivity contribution >= 4 is 16.6 Å². The van der Waals surface area contributed by atoms with Crippen LogP contribution in [0.1, 0.15) is 44.4 Å². The standard InChI is InChI=1S/C22H26N2/c1-6-24(7-2)15-12-14(3)19-17(13-15)22(4,5)20-16-10-8-9-11-18(16)23-21(19)20/h8-13,23H,6-7H2,1-5H3. The molecular formula is C22H26N2. The number of aryl methyl sites for hydroxylation is 1. The van der Waals surface area contributed by atoms with E-state index in [0.717, 1.165) is 13.1 Å². The molecule has 0 aliphatic heterocycles. The second-order valence-corrected chi connectivity index (χ2v) is 7.40. The topological polar surface area (TPSA) is 19.0 Å². The number of hydrogen-bond acceptors (Lipinski definition) is 1. The summed E-state index contributed by atoms with van der Waals surface area (Å²) < 4.78 is 0. The van der Waals surface area contributed by atoms with Gasteiger partial charge >= 0.3 is 0 Å². The van der Waals surface area contributed by atoms with E-state index in [-0.39, 0.29) is 5.41 Å². The number of anilines is 1. The molecule has 1 heterocycles. The molecule has 4 rings (SSSR count). The Kier molecular flexibility index (Phi) is 3.28. The summed E-state index contributed by atoms with van der Waals surface area (Å²) in [6.45, 7) is 13.5. The fourth-order valence-electron chi connectivity index (χ4n) is 4.48. The van der Waals surface area contributed by atoms with E-state index < -0.39 is 0 Å². The number of aromatic nitrogens is 1. The van der Waals surface area contributed by atoms with Crippen molar-refractivity contribution in [3.63, 3.8) is 0 Å². The van der Waals surface area contributed by atoms with Crippen LogP contribution in [0.5, 0.6) is 0 Å². The molecular weight excluding hydrogens is 292 g/mol. The van der Waals surface area contributed by atoms with E-state index >= 15 is 0 Å². The van der Waals surface area contributed by atoms with Gasteiger partial charge in [-0.15, -0.1) is 0 Å². The number of hydrogen-bond donors (Lipinski definition) is 1. The van der Waals surface area contributed by atoms with Crippen LogP contribution in [-0.2, 0) is 5.41 Å². The maximum atomic E-state index is 3.69. The molecule has 0 saturated carbocycles. The Hall–Kier alpha value is -2.22. The molecule has 1 aliphatic rings. The Morgan fingerprint density at radius 3 is 2.46 bits per heavy atom. The van der Waals surface area contributed by atoms with Crippen molar-refractivity contribution in [3.05, 3.63) is 53.1 Å². The van der Waals surface area contributed by atoms with E-state index in [0.29, 0.717) is 0 Å². The fraction of sp³-hybridized carbons (Fsp3) is 0.364. The van der Waals surface area contributed by atoms with Crippen LogP contribution in [0.2, 0.25) is 0 Å². The van der Waals surface area contributed by atoms with E-state index in [9.17, 15) is 0 Å². The third-order valence-corrected chi connectivity index (χ3v) is 5.70. The molecule has 0 radical (unpaired) electrons. The van der Waals surface area contributed by atoms with Crippen molar-refractivity contribution in [2.45, 2.75) is 40.0 Å². The smallest absolute Gasteiger partial charge is 0.0512 e. The first-order valence-corrected chi connectivity index (χ1v) is 9.00. The van der Waals surface area contributed by atoms with Gasteiger partial charge in [0.25, 0.3) is 0 Å². The predicted octanol–water partition coefficient (Wildman–Crippen LogP) is 5.63. The van der Waals surface area contributed by atoms with Gasteiger partial charge in [0.15, 0.2) is 0 Å². The summed E-state index contributed by atoms with van der Waals surface area (Å²) in [5.41, 5.74) is 9.62. The Bertz CT molecular complexity index is 927. The Balaban J connectivity index is 2.02. The van der Waals surface area contributed by atoms with Crippen LogP contribution < -0.4 is 4.90 Å². The highest BCUT2D eigenvalue weighted by atomic mass is 15.1. The zero-order chi connectivity index (χ0) is 17.1. The number of aromatic amines is 1. The first-order valence-electron chi connectivity index (χ1n) is 9.00. The van der Waals surface area contributed by atoms with Gasteiger partial charge in [0.1, 0.15) is 0 Å². The summed E-state index contributed by atoms with van der Waals surface area (Å²) in [5, 5.41) is 1.36. The second-order valence-electron chi connectivity index (χ2n) is 7.40. The number of H-pyrrole nitrogens is 1. The van der Waals surface area contributed by atoms with E-state index in [4.69, 9.17) is 0 Å². The van der Waals surface area contributed by atoms with Crippen LogP contribution in [0.3, 0.4) is 0 Å². The lowest BCUT2D eigenvalue weighted by Crippen LogP contribution is -2.23. The number of benzene rings is 2.